The summed E-state index contributed by atoms with van der Waals surface area (Å²) >= 11 is 0. The summed E-state index contributed by atoms with van der Waals surface area (Å²) in [6, 6.07) is -0.00965. The van der Waals surface area contributed by atoms with Gasteiger partial charge in [-0.05, 0) is 50.5 Å². The van der Waals surface area contributed by atoms with Gasteiger partial charge < -0.3 is 9.84 Å². The maximum Gasteiger partial charge on any atom is 0.103 e. The minimum absolute atomic E-state index is 0.00965. The van der Waals surface area contributed by atoms with E-state index in [-0.39, 0.29) is 18.1 Å². The van der Waals surface area contributed by atoms with Gasteiger partial charge >= 0.3 is 0 Å². The van der Waals surface area contributed by atoms with Gasteiger partial charge in [-0.1, -0.05) is 32.8 Å². The molecule has 1 aliphatic heterocycles. The van der Waals surface area contributed by atoms with E-state index in [1.807, 2.05) is 13.1 Å². The van der Waals surface area contributed by atoms with Gasteiger partial charge in [-0.3, -0.25) is 9.98 Å². The molecule has 0 radical (unpaired) electrons. The summed E-state index contributed by atoms with van der Waals surface area (Å²) in [5.74, 6) is 0. The van der Waals surface area contributed by atoms with E-state index >= 15 is 0 Å². The maximum atomic E-state index is 9.51. The summed E-state index contributed by atoms with van der Waals surface area (Å²) in [5.41, 5.74) is 6.30. The number of aliphatic imine (C=N–C) groups is 1. The number of aliphatic hydroxyl groups excluding tert-OH is 1. The highest BCUT2D eigenvalue weighted by molar-refractivity contribution is 5.99. The minimum atomic E-state index is -0.00965. The third-order valence-electron chi connectivity index (χ3n) is 5.41. The third kappa shape index (κ3) is 5.69. The van der Waals surface area contributed by atoms with Crippen LogP contribution in [0, 0.1) is 12.3 Å². The second kappa shape index (κ2) is 9.56. The number of methoxy groups -OCH3 is 1. The van der Waals surface area contributed by atoms with Crippen LogP contribution in [0.2, 0.25) is 0 Å². The van der Waals surface area contributed by atoms with Gasteiger partial charge in [-0.2, -0.15) is 0 Å². The molecule has 0 aromatic carbocycles. The molecule has 0 aliphatic carbocycles. The van der Waals surface area contributed by atoms with Crippen LogP contribution in [-0.4, -0.2) is 47.2 Å². The van der Waals surface area contributed by atoms with Crippen molar-refractivity contribution < 1.29 is 9.84 Å². The van der Waals surface area contributed by atoms with Gasteiger partial charge in [0.25, 0.3) is 0 Å². The van der Waals surface area contributed by atoms with E-state index in [0.29, 0.717) is 6.61 Å². The molecule has 5 heteroatoms. The average Bonchev–Trinajstić information content (AvgIpc) is 2.87. The van der Waals surface area contributed by atoms with Crippen molar-refractivity contribution >= 4 is 11.3 Å². The highest BCUT2D eigenvalue weighted by Crippen LogP contribution is 2.34. The fourth-order valence-electron chi connectivity index (χ4n) is 3.41. The zero-order valence-corrected chi connectivity index (χ0v) is 17.8. The zero-order chi connectivity index (χ0) is 20.0. The first-order chi connectivity index (χ1) is 12.8. The van der Waals surface area contributed by atoms with Gasteiger partial charge in [0.2, 0.25) is 0 Å². The molecule has 2 rings (SSSR count). The van der Waals surface area contributed by atoms with Gasteiger partial charge in [0.1, 0.15) is 5.69 Å². The number of ether oxygens (including phenoxy) is 1. The number of aliphatic hydroxyl groups is 1. The lowest BCUT2D eigenvalue weighted by atomic mass is 9.82. The summed E-state index contributed by atoms with van der Waals surface area (Å²) in [4.78, 5) is 14.4. The molecule has 0 bridgehead atoms. The molecule has 0 saturated carbocycles. The van der Waals surface area contributed by atoms with E-state index in [1.165, 1.54) is 11.1 Å². The van der Waals surface area contributed by atoms with Crippen molar-refractivity contribution in [1.82, 2.24) is 9.97 Å². The molecule has 150 valence electrons. The van der Waals surface area contributed by atoms with Crippen molar-refractivity contribution in [2.75, 3.05) is 20.3 Å². The molecule has 1 atom stereocenters. The molecule has 1 N–H and O–H groups in total. The third-order valence-corrected chi connectivity index (χ3v) is 5.41. The molecule has 5 nitrogen and oxygen atoms in total. The Kier molecular flexibility index (Phi) is 7.68. The highest BCUT2D eigenvalue weighted by atomic mass is 16.5. The first-order valence-electron chi connectivity index (χ1n) is 9.99. The van der Waals surface area contributed by atoms with Crippen molar-refractivity contribution in [1.29, 1.82) is 0 Å². The van der Waals surface area contributed by atoms with Gasteiger partial charge in [0.15, 0.2) is 0 Å². The lowest BCUT2D eigenvalue weighted by molar-refractivity contribution is 0.205. The van der Waals surface area contributed by atoms with E-state index in [0.717, 1.165) is 54.9 Å². The van der Waals surface area contributed by atoms with Crippen molar-refractivity contribution in [3.63, 3.8) is 0 Å². The molecule has 1 aromatic rings. The van der Waals surface area contributed by atoms with Crippen LogP contribution in [0.15, 0.2) is 16.8 Å². The summed E-state index contributed by atoms with van der Waals surface area (Å²) < 4.78 is 5.33. The Morgan fingerprint density at radius 2 is 2.04 bits per heavy atom. The highest BCUT2D eigenvalue weighted by Gasteiger charge is 2.22. The minimum Gasteiger partial charge on any atom is -0.394 e. The Balaban J connectivity index is 2.43. The first kappa shape index (κ1) is 21.7. The van der Waals surface area contributed by atoms with Crippen LogP contribution in [-0.2, 0) is 4.74 Å². The van der Waals surface area contributed by atoms with Crippen LogP contribution in [0.5, 0.6) is 0 Å². The van der Waals surface area contributed by atoms with E-state index in [2.05, 4.69) is 27.7 Å². The first-order valence-corrected chi connectivity index (χ1v) is 9.99. The fourth-order valence-corrected chi connectivity index (χ4v) is 3.41. The zero-order valence-electron chi connectivity index (χ0n) is 17.8. The number of nitrogens with zero attached hydrogens (tertiary/aromatic N) is 3. The van der Waals surface area contributed by atoms with Crippen molar-refractivity contribution in [3.8, 4) is 0 Å². The monoisotopic (exact) mass is 373 g/mol. The Morgan fingerprint density at radius 1 is 1.30 bits per heavy atom. The quantitative estimate of drug-likeness (QED) is 0.804. The van der Waals surface area contributed by atoms with Crippen molar-refractivity contribution in [2.24, 2.45) is 10.4 Å². The normalized spacial score (nSPS) is 19.4. The summed E-state index contributed by atoms with van der Waals surface area (Å²) in [6.07, 6.45) is 6.69. The van der Waals surface area contributed by atoms with Crippen LogP contribution in [0.1, 0.15) is 76.9 Å². The predicted molar refractivity (Wildman–Crippen MR) is 111 cm³/mol. The smallest absolute Gasteiger partial charge is 0.103 e. The fraction of sp³-hybridized carbons (Fsp3) is 0.682. The van der Waals surface area contributed by atoms with Crippen LogP contribution in [0.3, 0.4) is 0 Å². The Morgan fingerprint density at radius 3 is 2.63 bits per heavy atom. The van der Waals surface area contributed by atoms with Crippen LogP contribution in [0.25, 0.3) is 5.57 Å². The van der Waals surface area contributed by atoms with Crippen LogP contribution >= 0.6 is 0 Å². The van der Waals surface area contributed by atoms with E-state index in [9.17, 15) is 5.11 Å². The number of hydrogen-bond acceptors (Lipinski definition) is 5. The molecule has 27 heavy (non-hydrogen) atoms. The Labute approximate surface area is 164 Å². The molecule has 0 amide bonds. The molecule has 0 saturated heterocycles. The molecule has 2 heterocycles. The lowest BCUT2D eigenvalue weighted by Crippen LogP contribution is -2.15. The second-order valence-electron chi connectivity index (χ2n) is 8.44. The Hall–Kier alpha value is -1.59. The molecule has 1 unspecified atom stereocenters. The molecule has 1 aliphatic rings. The van der Waals surface area contributed by atoms with E-state index in [1.54, 1.807) is 7.11 Å². The van der Waals surface area contributed by atoms with Crippen molar-refractivity contribution in [2.45, 2.75) is 72.8 Å². The van der Waals surface area contributed by atoms with Gasteiger partial charge in [-0.25, -0.2) is 4.98 Å². The molecule has 0 fully saturated rings. The van der Waals surface area contributed by atoms with E-state index in [4.69, 9.17) is 19.7 Å². The number of allylic oxidation sites excluding steroid dienone is 1. The maximum absolute atomic E-state index is 9.51. The topological polar surface area (TPSA) is 67.6 Å². The number of hydrogen-bond donors (Lipinski definition) is 1. The number of rotatable bonds is 6. The van der Waals surface area contributed by atoms with Crippen LogP contribution < -0.4 is 0 Å². The molecule has 1 aromatic heterocycles. The van der Waals surface area contributed by atoms with Gasteiger partial charge in [0, 0.05) is 7.11 Å². The Bertz CT molecular complexity index is 702. The lowest BCUT2D eigenvalue weighted by Gasteiger charge is -2.24. The SMILES string of the molecule is COCC/C(=C(/C)C(C)(C)C)c1ncc(C2=NC(CO)CCCC2)nc1C. The molecular formula is C22H35N3O2. The largest absolute Gasteiger partial charge is 0.394 e. The molecule has 0 spiro atoms. The molecular weight excluding hydrogens is 338 g/mol. The van der Waals surface area contributed by atoms with Crippen molar-refractivity contribution in [3.05, 3.63) is 28.9 Å². The number of aryl methyl sites for hydroxylation is 1. The average molecular weight is 374 g/mol. The van der Waals surface area contributed by atoms with Crippen LogP contribution in [0.4, 0.5) is 0 Å². The second-order valence-corrected chi connectivity index (χ2v) is 8.44. The summed E-state index contributed by atoms with van der Waals surface area (Å²) in [5, 5.41) is 9.51. The number of aromatic nitrogens is 2. The van der Waals surface area contributed by atoms with Gasteiger partial charge in [0.05, 0.1) is 42.6 Å². The summed E-state index contributed by atoms with van der Waals surface area (Å²) in [6.45, 7) is 11.6. The standard InChI is InChI=1S/C22H35N3O2/c1-15(22(3,4)5)18(11-12-27-6)21-16(2)24-20(13-23-21)19-10-8-7-9-17(14-26)25-19/h13,17,26H,7-12,14H2,1-6H3/b18-15+. The summed E-state index contributed by atoms with van der Waals surface area (Å²) in [7, 11) is 1.73. The van der Waals surface area contributed by atoms with Gasteiger partial charge in [-0.15, -0.1) is 0 Å². The predicted octanol–water partition coefficient (Wildman–Crippen LogP) is 4.37. The van der Waals surface area contributed by atoms with E-state index < -0.39 is 0 Å².